The van der Waals surface area contributed by atoms with Crippen molar-refractivity contribution in [2.24, 2.45) is 5.73 Å². The third-order valence-corrected chi connectivity index (χ3v) is 3.01. The first-order chi connectivity index (χ1) is 8.54. The standard InChI is InChI=1S/C12H16N2O3S/c1-18-7-6-10(13)11(15)14-9-4-2-8(3-5-9)12(16)17/h2-5,10H,6-7,13H2,1H3,(H,14,15)(H,16,17)/t10-/m1/s1. The summed E-state index contributed by atoms with van der Waals surface area (Å²) in [6.45, 7) is 0. The van der Waals surface area contributed by atoms with Gasteiger partial charge in [-0.25, -0.2) is 4.79 Å². The van der Waals surface area contributed by atoms with Crippen molar-refractivity contribution in [1.82, 2.24) is 0 Å². The summed E-state index contributed by atoms with van der Waals surface area (Å²) < 4.78 is 0. The first-order valence-electron chi connectivity index (χ1n) is 5.43. The van der Waals surface area contributed by atoms with Gasteiger partial charge in [0.1, 0.15) is 0 Å². The molecule has 6 heteroatoms. The van der Waals surface area contributed by atoms with Crippen molar-refractivity contribution in [3.05, 3.63) is 29.8 Å². The Morgan fingerprint density at radius 2 is 2.00 bits per heavy atom. The minimum Gasteiger partial charge on any atom is -0.478 e. The normalized spacial score (nSPS) is 11.9. The van der Waals surface area contributed by atoms with Crippen LogP contribution in [0.1, 0.15) is 16.8 Å². The molecule has 98 valence electrons. The zero-order valence-electron chi connectivity index (χ0n) is 10.1. The highest BCUT2D eigenvalue weighted by Gasteiger charge is 2.13. The predicted molar refractivity (Wildman–Crippen MR) is 73.0 cm³/mol. The van der Waals surface area contributed by atoms with Crippen molar-refractivity contribution in [3.8, 4) is 0 Å². The molecule has 0 bridgehead atoms. The quantitative estimate of drug-likeness (QED) is 0.725. The van der Waals surface area contributed by atoms with Crippen molar-refractivity contribution >= 4 is 29.3 Å². The van der Waals surface area contributed by atoms with Gasteiger partial charge in [-0.1, -0.05) is 0 Å². The maximum absolute atomic E-state index is 11.7. The van der Waals surface area contributed by atoms with Gasteiger partial charge >= 0.3 is 5.97 Å². The lowest BCUT2D eigenvalue weighted by Crippen LogP contribution is -2.36. The summed E-state index contributed by atoms with van der Waals surface area (Å²) >= 11 is 1.63. The van der Waals surface area contributed by atoms with E-state index in [0.717, 1.165) is 5.75 Å². The maximum Gasteiger partial charge on any atom is 0.335 e. The molecule has 0 spiro atoms. The number of nitrogens with one attached hydrogen (secondary N) is 1. The second kappa shape index (κ2) is 7.03. The highest BCUT2D eigenvalue weighted by molar-refractivity contribution is 7.98. The summed E-state index contributed by atoms with van der Waals surface area (Å²) in [6.07, 6.45) is 2.56. The van der Waals surface area contributed by atoms with Crippen LogP contribution in [-0.2, 0) is 4.79 Å². The Morgan fingerprint density at radius 1 is 1.39 bits per heavy atom. The molecule has 1 atom stereocenters. The van der Waals surface area contributed by atoms with E-state index in [4.69, 9.17) is 10.8 Å². The molecule has 1 amide bonds. The maximum atomic E-state index is 11.7. The summed E-state index contributed by atoms with van der Waals surface area (Å²) in [5.74, 6) is -0.427. The average molecular weight is 268 g/mol. The van der Waals surface area contributed by atoms with Crippen molar-refractivity contribution in [3.63, 3.8) is 0 Å². The van der Waals surface area contributed by atoms with Gasteiger partial charge in [-0.05, 0) is 42.7 Å². The first kappa shape index (κ1) is 14.5. The van der Waals surface area contributed by atoms with Crippen molar-refractivity contribution < 1.29 is 14.7 Å². The zero-order chi connectivity index (χ0) is 13.5. The van der Waals surface area contributed by atoms with Crippen molar-refractivity contribution in [2.45, 2.75) is 12.5 Å². The van der Waals surface area contributed by atoms with Crippen LogP contribution in [0, 0.1) is 0 Å². The monoisotopic (exact) mass is 268 g/mol. The number of carbonyl (C=O) groups excluding carboxylic acids is 1. The largest absolute Gasteiger partial charge is 0.478 e. The van der Waals surface area contributed by atoms with Gasteiger partial charge in [0.2, 0.25) is 5.91 Å². The molecule has 0 aliphatic carbocycles. The van der Waals surface area contributed by atoms with E-state index >= 15 is 0 Å². The lowest BCUT2D eigenvalue weighted by atomic mass is 10.2. The number of aromatic carboxylic acids is 1. The number of thioether (sulfide) groups is 1. The molecular weight excluding hydrogens is 252 g/mol. The molecule has 0 saturated heterocycles. The molecular formula is C12H16N2O3S. The third kappa shape index (κ3) is 4.38. The van der Waals surface area contributed by atoms with E-state index < -0.39 is 12.0 Å². The molecule has 0 aliphatic heterocycles. The zero-order valence-corrected chi connectivity index (χ0v) is 10.9. The second-order valence-electron chi connectivity index (χ2n) is 3.76. The first-order valence-corrected chi connectivity index (χ1v) is 6.82. The molecule has 5 nitrogen and oxygen atoms in total. The Hall–Kier alpha value is -1.53. The van der Waals surface area contributed by atoms with Crippen LogP contribution in [0.25, 0.3) is 0 Å². The molecule has 0 fully saturated rings. The number of hydrogen-bond acceptors (Lipinski definition) is 4. The number of carbonyl (C=O) groups is 2. The molecule has 0 heterocycles. The van der Waals surface area contributed by atoms with E-state index in [1.807, 2.05) is 6.26 Å². The molecule has 4 N–H and O–H groups in total. The van der Waals surface area contributed by atoms with E-state index in [-0.39, 0.29) is 11.5 Å². The summed E-state index contributed by atoms with van der Waals surface area (Å²) in [6, 6.07) is 5.42. The molecule has 0 radical (unpaired) electrons. The second-order valence-corrected chi connectivity index (χ2v) is 4.75. The van der Waals surface area contributed by atoms with Crippen molar-refractivity contribution in [1.29, 1.82) is 0 Å². The fourth-order valence-electron chi connectivity index (χ4n) is 1.31. The van der Waals surface area contributed by atoms with Gasteiger partial charge in [-0.2, -0.15) is 11.8 Å². The smallest absolute Gasteiger partial charge is 0.335 e. The number of benzene rings is 1. The van der Waals surface area contributed by atoms with Crippen molar-refractivity contribution in [2.75, 3.05) is 17.3 Å². The Kier molecular flexibility index (Phi) is 5.67. The summed E-state index contributed by atoms with van der Waals surface area (Å²) in [5, 5.41) is 11.4. The summed E-state index contributed by atoms with van der Waals surface area (Å²) in [5.41, 5.74) is 6.44. The third-order valence-electron chi connectivity index (χ3n) is 2.37. The Balaban J connectivity index is 2.56. The van der Waals surface area contributed by atoms with Gasteiger partial charge in [0.25, 0.3) is 0 Å². The van der Waals surface area contributed by atoms with Gasteiger partial charge < -0.3 is 16.2 Å². The van der Waals surface area contributed by atoms with Crippen LogP contribution in [-0.4, -0.2) is 35.0 Å². The van der Waals surface area contributed by atoms with E-state index in [1.165, 1.54) is 12.1 Å². The van der Waals surface area contributed by atoms with E-state index in [2.05, 4.69) is 5.32 Å². The SMILES string of the molecule is CSCC[C@@H](N)C(=O)Nc1ccc(C(=O)O)cc1. The Labute approximate surface area is 110 Å². The molecule has 0 aromatic heterocycles. The number of hydrogen-bond donors (Lipinski definition) is 3. The predicted octanol–water partition coefficient (Wildman–Crippen LogP) is 1.40. The molecule has 1 aromatic rings. The van der Waals surface area contributed by atoms with Crippen LogP contribution in [0.2, 0.25) is 0 Å². The Bertz CT molecular complexity index is 420. The highest BCUT2D eigenvalue weighted by Crippen LogP contribution is 2.10. The lowest BCUT2D eigenvalue weighted by molar-refractivity contribution is -0.117. The number of nitrogens with two attached hydrogens (primary N) is 1. The summed E-state index contributed by atoms with van der Waals surface area (Å²) in [4.78, 5) is 22.3. The van der Waals surface area contributed by atoms with Gasteiger partial charge in [-0.15, -0.1) is 0 Å². The van der Waals surface area contributed by atoms with Gasteiger partial charge in [-0.3, -0.25) is 4.79 Å². The Morgan fingerprint density at radius 3 is 2.50 bits per heavy atom. The molecule has 1 rings (SSSR count). The molecule has 0 aliphatic rings. The number of carboxylic acid groups (broad SMARTS) is 1. The molecule has 0 unspecified atom stereocenters. The van der Waals surface area contributed by atoms with Gasteiger partial charge in [0.15, 0.2) is 0 Å². The minimum absolute atomic E-state index is 0.180. The molecule has 0 saturated carbocycles. The fourth-order valence-corrected chi connectivity index (χ4v) is 1.80. The molecule has 1 aromatic carbocycles. The van der Waals surface area contributed by atoms with Gasteiger partial charge in [0.05, 0.1) is 11.6 Å². The van der Waals surface area contributed by atoms with E-state index in [1.54, 1.807) is 23.9 Å². The lowest BCUT2D eigenvalue weighted by Gasteiger charge is -2.11. The average Bonchev–Trinajstić information content (AvgIpc) is 2.36. The van der Waals surface area contributed by atoms with Crippen LogP contribution < -0.4 is 11.1 Å². The number of carboxylic acids is 1. The van der Waals surface area contributed by atoms with E-state index in [9.17, 15) is 9.59 Å². The summed E-state index contributed by atoms with van der Waals surface area (Å²) in [7, 11) is 0. The van der Waals surface area contributed by atoms with Crippen LogP contribution in [0.4, 0.5) is 5.69 Å². The number of amides is 1. The van der Waals surface area contributed by atoms with Crippen LogP contribution in [0.15, 0.2) is 24.3 Å². The highest BCUT2D eigenvalue weighted by atomic mass is 32.2. The van der Waals surface area contributed by atoms with Gasteiger partial charge in [0, 0.05) is 5.69 Å². The van der Waals surface area contributed by atoms with Crippen LogP contribution >= 0.6 is 11.8 Å². The van der Waals surface area contributed by atoms with E-state index in [0.29, 0.717) is 12.1 Å². The minimum atomic E-state index is -0.996. The number of rotatable bonds is 6. The van der Waals surface area contributed by atoms with Crippen LogP contribution in [0.3, 0.4) is 0 Å². The van der Waals surface area contributed by atoms with Crippen LogP contribution in [0.5, 0.6) is 0 Å². The molecule has 18 heavy (non-hydrogen) atoms. The topological polar surface area (TPSA) is 92.4 Å². The fraction of sp³-hybridized carbons (Fsp3) is 0.333. The number of anilines is 1.